The van der Waals surface area contributed by atoms with Gasteiger partial charge in [-0.1, -0.05) is 6.07 Å². The molecular weight excluding hydrogens is 225 g/mol. The Balaban J connectivity index is 2.57. The summed E-state index contributed by atoms with van der Waals surface area (Å²) < 4.78 is 18.3. The number of nitrogens with two attached hydrogens (primary N) is 1. The van der Waals surface area contributed by atoms with Crippen LogP contribution < -0.4 is 16.0 Å². The highest BCUT2D eigenvalue weighted by molar-refractivity contribution is 5.65. The second-order valence-corrected chi connectivity index (χ2v) is 3.38. The van der Waals surface area contributed by atoms with Crippen LogP contribution in [-0.4, -0.2) is 17.3 Å². The zero-order valence-electron chi connectivity index (χ0n) is 9.03. The van der Waals surface area contributed by atoms with Crippen LogP contribution in [0.3, 0.4) is 0 Å². The zero-order valence-corrected chi connectivity index (χ0v) is 9.03. The lowest BCUT2D eigenvalue weighted by Gasteiger charge is -2.05. The van der Waals surface area contributed by atoms with Crippen molar-refractivity contribution < 1.29 is 9.13 Å². The van der Waals surface area contributed by atoms with Gasteiger partial charge in [-0.3, -0.25) is 4.79 Å². The molecule has 0 aliphatic carbocycles. The van der Waals surface area contributed by atoms with Gasteiger partial charge in [0.15, 0.2) is 11.6 Å². The van der Waals surface area contributed by atoms with Crippen LogP contribution in [-0.2, 0) is 0 Å². The smallest absolute Gasteiger partial charge is 0.272 e. The third kappa shape index (κ3) is 2.10. The van der Waals surface area contributed by atoms with Gasteiger partial charge in [-0.25, -0.2) is 9.49 Å². The summed E-state index contributed by atoms with van der Waals surface area (Å²) in [6.07, 6.45) is 0. The van der Waals surface area contributed by atoms with E-state index in [0.29, 0.717) is 5.56 Å². The number of rotatable bonds is 2. The van der Waals surface area contributed by atoms with Gasteiger partial charge in [0.05, 0.1) is 12.7 Å². The standard InChI is InChI=1S/C11H10FN3O2/c1-17-9-3-2-6(4-8(9)12)7-5-10(13)14-15-11(7)16/h2-5H,1H3,(H2,13,14)(H,15,16). The average molecular weight is 235 g/mol. The second kappa shape index (κ2) is 4.25. The summed E-state index contributed by atoms with van der Waals surface area (Å²) in [7, 11) is 1.37. The number of methoxy groups -OCH3 is 1. The van der Waals surface area contributed by atoms with Crippen molar-refractivity contribution in [3.8, 4) is 16.9 Å². The van der Waals surface area contributed by atoms with Crippen molar-refractivity contribution in [3.05, 3.63) is 40.4 Å². The molecule has 6 heteroatoms. The first-order chi connectivity index (χ1) is 8.11. The van der Waals surface area contributed by atoms with Crippen molar-refractivity contribution >= 4 is 5.82 Å². The van der Waals surface area contributed by atoms with Crippen LogP contribution >= 0.6 is 0 Å². The quantitative estimate of drug-likeness (QED) is 0.818. The van der Waals surface area contributed by atoms with Crippen LogP contribution in [0.4, 0.5) is 10.2 Å². The summed E-state index contributed by atoms with van der Waals surface area (Å²) in [6.45, 7) is 0. The van der Waals surface area contributed by atoms with Crippen LogP contribution in [0.1, 0.15) is 0 Å². The zero-order chi connectivity index (χ0) is 12.4. The van der Waals surface area contributed by atoms with Crippen molar-refractivity contribution in [1.29, 1.82) is 0 Å². The number of nitrogens with one attached hydrogen (secondary N) is 1. The van der Waals surface area contributed by atoms with Gasteiger partial charge < -0.3 is 10.5 Å². The Morgan fingerprint density at radius 2 is 2.18 bits per heavy atom. The number of benzene rings is 1. The number of H-pyrrole nitrogens is 1. The number of hydrogen-bond acceptors (Lipinski definition) is 4. The molecule has 0 saturated heterocycles. The largest absolute Gasteiger partial charge is 0.494 e. The van der Waals surface area contributed by atoms with E-state index in [9.17, 15) is 9.18 Å². The van der Waals surface area contributed by atoms with E-state index in [-0.39, 0.29) is 17.1 Å². The Kier molecular flexibility index (Phi) is 2.78. The lowest BCUT2D eigenvalue weighted by molar-refractivity contribution is 0.386. The van der Waals surface area contributed by atoms with Crippen molar-refractivity contribution in [2.75, 3.05) is 12.8 Å². The molecule has 1 aromatic heterocycles. The van der Waals surface area contributed by atoms with Crippen molar-refractivity contribution in [3.63, 3.8) is 0 Å². The molecule has 0 spiro atoms. The molecule has 1 aromatic carbocycles. The van der Waals surface area contributed by atoms with Gasteiger partial charge in [0, 0.05) is 0 Å². The fraction of sp³-hybridized carbons (Fsp3) is 0.0909. The van der Waals surface area contributed by atoms with Crippen molar-refractivity contribution in [1.82, 2.24) is 10.2 Å². The molecule has 0 atom stereocenters. The molecule has 0 aliphatic rings. The Hall–Kier alpha value is -2.37. The first-order valence-corrected chi connectivity index (χ1v) is 4.81. The molecule has 0 radical (unpaired) electrons. The summed E-state index contributed by atoms with van der Waals surface area (Å²) in [5.41, 5.74) is 5.71. The van der Waals surface area contributed by atoms with E-state index < -0.39 is 11.4 Å². The third-order valence-electron chi connectivity index (χ3n) is 2.29. The van der Waals surface area contributed by atoms with Crippen molar-refractivity contribution in [2.24, 2.45) is 0 Å². The summed E-state index contributed by atoms with van der Waals surface area (Å²) in [5, 5.41) is 5.77. The van der Waals surface area contributed by atoms with Crippen LogP contribution in [0.15, 0.2) is 29.1 Å². The van der Waals surface area contributed by atoms with Crippen LogP contribution in [0.5, 0.6) is 5.75 Å². The van der Waals surface area contributed by atoms with Gasteiger partial charge in [-0.05, 0) is 23.8 Å². The molecule has 2 rings (SSSR count). The van der Waals surface area contributed by atoms with E-state index in [1.165, 1.54) is 25.3 Å². The number of ether oxygens (including phenoxy) is 1. The molecule has 88 valence electrons. The van der Waals surface area contributed by atoms with E-state index in [1.54, 1.807) is 6.07 Å². The maximum absolute atomic E-state index is 13.5. The first kappa shape index (κ1) is 11.1. The molecule has 0 unspecified atom stereocenters. The fourth-order valence-electron chi connectivity index (χ4n) is 1.47. The van der Waals surface area contributed by atoms with Gasteiger partial charge in [-0.15, -0.1) is 0 Å². The third-order valence-corrected chi connectivity index (χ3v) is 2.29. The molecule has 1 heterocycles. The van der Waals surface area contributed by atoms with E-state index in [0.717, 1.165) is 0 Å². The second-order valence-electron chi connectivity index (χ2n) is 3.38. The van der Waals surface area contributed by atoms with E-state index in [4.69, 9.17) is 10.5 Å². The summed E-state index contributed by atoms with van der Waals surface area (Å²) in [6, 6.07) is 5.62. The normalized spacial score (nSPS) is 10.2. The van der Waals surface area contributed by atoms with Gasteiger partial charge in [0.1, 0.15) is 5.82 Å². The molecule has 2 aromatic rings. The monoisotopic (exact) mass is 235 g/mol. The molecule has 3 N–H and O–H groups in total. The van der Waals surface area contributed by atoms with Gasteiger partial charge >= 0.3 is 0 Å². The first-order valence-electron chi connectivity index (χ1n) is 4.81. The number of hydrogen-bond donors (Lipinski definition) is 2. The predicted molar refractivity (Wildman–Crippen MR) is 61.2 cm³/mol. The minimum atomic E-state index is -0.542. The molecule has 5 nitrogen and oxygen atoms in total. The molecule has 17 heavy (non-hydrogen) atoms. The molecule has 0 aliphatic heterocycles. The van der Waals surface area contributed by atoms with Gasteiger partial charge in [-0.2, -0.15) is 5.10 Å². The maximum Gasteiger partial charge on any atom is 0.272 e. The number of anilines is 1. The van der Waals surface area contributed by atoms with Gasteiger partial charge in [0.2, 0.25) is 0 Å². The Bertz CT molecular complexity index is 610. The Labute approximate surface area is 96.0 Å². The minimum Gasteiger partial charge on any atom is -0.494 e. The lowest BCUT2D eigenvalue weighted by atomic mass is 10.1. The van der Waals surface area contributed by atoms with E-state index in [2.05, 4.69) is 10.2 Å². The number of nitrogen functional groups attached to an aromatic ring is 1. The van der Waals surface area contributed by atoms with Crippen LogP contribution in [0.25, 0.3) is 11.1 Å². The Morgan fingerprint density at radius 3 is 2.82 bits per heavy atom. The number of aromatic nitrogens is 2. The summed E-state index contributed by atoms with van der Waals surface area (Å²) >= 11 is 0. The minimum absolute atomic E-state index is 0.118. The van der Waals surface area contributed by atoms with Crippen LogP contribution in [0, 0.1) is 5.82 Å². The molecule has 0 fully saturated rings. The molecular formula is C11H10FN3O2. The lowest BCUT2D eigenvalue weighted by Crippen LogP contribution is -2.12. The van der Waals surface area contributed by atoms with E-state index >= 15 is 0 Å². The summed E-state index contributed by atoms with van der Waals surface area (Å²) in [5.74, 6) is -0.261. The van der Waals surface area contributed by atoms with Crippen molar-refractivity contribution in [2.45, 2.75) is 0 Å². The number of nitrogens with zero attached hydrogens (tertiary/aromatic N) is 1. The van der Waals surface area contributed by atoms with Gasteiger partial charge in [0.25, 0.3) is 5.56 Å². The topological polar surface area (TPSA) is 81.0 Å². The number of aromatic amines is 1. The summed E-state index contributed by atoms with van der Waals surface area (Å²) in [4.78, 5) is 11.5. The molecule has 0 amide bonds. The maximum atomic E-state index is 13.5. The highest BCUT2D eigenvalue weighted by Gasteiger charge is 2.08. The average Bonchev–Trinajstić information content (AvgIpc) is 2.32. The highest BCUT2D eigenvalue weighted by Crippen LogP contribution is 2.23. The number of halogens is 1. The Morgan fingerprint density at radius 1 is 1.41 bits per heavy atom. The van der Waals surface area contributed by atoms with Crippen LogP contribution in [0.2, 0.25) is 0 Å². The highest BCUT2D eigenvalue weighted by atomic mass is 19.1. The predicted octanol–water partition coefficient (Wildman–Crippen LogP) is 1.17. The molecule has 0 bridgehead atoms. The SMILES string of the molecule is COc1ccc(-c2cc(N)n[nH]c2=O)cc1F. The molecule has 0 saturated carbocycles. The fourth-order valence-corrected chi connectivity index (χ4v) is 1.47. The van der Waals surface area contributed by atoms with E-state index in [1.807, 2.05) is 0 Å².